The highest BCUT2D eigenvalue weighted by Gasteiger charge is 2.01. The van der Waals surface area contributed by atoms with Gasteiger partial charge in [-0.05, 0) is 24.3 Å². The van der Waals surface area contributed by atoms with Crippen LogP contribution in [0.4, 0.5) is 5.69 Å². The molecule has 0 spiro atoms. The summed E-state index contributed by atoms with van der Waals surface area (Å²) in [6.45, 7) is -0.149. The molecule has 0 saturated carbocycles. The molecule has 2 rings (SSSR count). The highest BCUT2D eigenvalue weighted by Crippen LogP contribution is 2.20. The minimum absolute atomic E-state index is 0.149. The molecule has 0 aliphatic carbocycles. The molecular formula is C11H11N3O3. The predicted octanol–water partition coefficient (Wildman–Crippen LogP) is 1.34. The average Bonchev–Trinajstić information content (AvgIpc) is 2.83. The number of carboxylic acids is 1. The van der Waals surface area contributed by atoms with Gasteiger partial charge < -0.3 is 14.9 Å². The van der Waals surface area contributed by atoms with Crippen molar-refractivity contribution in [3.05, 3.63) is 36.9 Å². The molecule has 88 valence electrons. The van der Waals surface area contributed by atoms with Crippen molar-refractivity contribution < 1.29 is 14.3 Å². The molecule has 0 amide bonds. The number of aromatic nitrogens is 1. The first-order valence-electron chi connectivity index (χ1n) is 4.95. The number of carbonyl (C=O) groups is 1. The van der Waals surface area contributed by atoms with Crippen LogP contribution in [-0.4, -0.2) is 22.6 Å². The van der Waals surface area contributed by atoms with Crippen LogP contribution in [0, 0.1) is 0 Å². The fraction of sp³-hybridized carbons (Fsp3) is 0.0909. The van der Waals surface area contributed by atoms with Gasteiger partial charge in [-0.15, -0.1) is 0 Å². The number of benzene rings is 1. The number of hydrazine groups is 1. The van der Waals surface area contributed by atoms with E-state index in [-0.39, 0.29) is 6.54 Å². The van der Waals surface area contributed by atoms with E-state index >= 15 is 0 Å². The van der Waals surface area contributed by atoms with E-state index in [1.807, 2.05) is 24.3 Å². The third-order valence-corrected chi connectivity index (χ3v) is 2.07. The number of anilines is 1. The van der Waals surface area contributed by atoms with Crippen molar-refractivity contribution >= 4 is 11.7 Å². The molecule has 0 unspecified atom stereocenters. The summed E-state index contributed by atoms with van der Waals surface area (Å²) >= 11 is 0. The van der Waals surface area contributed by atoms with E-state index in [0.29, 0.717) is 5.76 Å². The normalized spacial score (nSPS) is 10.1. The Bertz CT molecular complexity index is 479. The van der Waals surface area contributed by atoms with Gasteiger partial charge in [-0.3, -0.25) is 4.79 Å². The van der Waals surface area contributed by atoms with Gasteiger partial charge in [0, 0.05) is 11.3 Å². The summed E-state index contributed by atoms with van der Waals surface area (Å²) in [7, 11) is 0. The fourth-order valence-corrected chi connectivity index (χ4v) is 1.30. The third kappa shape index (κ3) is 3.05. The maximum Gasteiger partial charge on any atom is 0.319 e. The van der Waals surface area contributed by atoms with Crippen molar-refractivity contribution in [1.29, 1.82) is 0 Å². The number of rotatable bonds is 5. The van der Waals surface area contributed by atoms with Crippen molar-refractivity contribution in [3.8, 4) is 11.3 Å². The molecule has 0 saturated heterocycles. The largest absolute Gasteiger partial charge is 0.480 e. The maximum absolute atomic E-state index is 10.3. The zero-order valence-electron chi connectivity index (χ0n) is 8.88. The average molecular weight is 233 g/mol. The van der Waals surface area contributed by atoms with Crippen LogP contribution in [0.3, 0.4) is 0 Å². The number of nitrogens with zero attached hydrogens (tertiary/aromatic N) is 1. The van der Waals surface area contributed by atoms with Gasteiger partial charge in [0.15, 0.2) is 12.2 Å². The molecule has 6 nitrogen and oxygen atoms in total. The van der Waals surface area contributed by atoms with Gasteiger partial charge in [0.25, 0.3) is 0 Å². The smallest absolute Gasteiger partial charge is 0.319 e. The van der Waals surface area contributed by atoms with Gasteiger partial charge in [-0.1, -0.05) is 0 Å². The Hall–Kier alpha value is -2.34. The second-order valence-electron chi connectivity index (χ2n) is 3.32. The lowest BCUT2D eigenvalue weighted by Crippen LogP contribution is -2.27. The van der Waals surface area contributed by atoms with Crippen molar-refractivity contribution in [2.24, 2.45) is 0 Å². The molecule has 0 aliphatic heterocycles. The predicted molar refractivity (Wildman–Crippen MR) is 61.2 cm³/mol. The Balaban J connectivity index is 1.96. The highest BCUT2D eigenvalue weighted by atomic mass is 16.4. The molecule has 1 aromatic carbocycles. The number of nitrogens with one attached hydrogen (secondary N) is 2. The van der Waals surface area contributed by atoms with Crippen LogP contribution < -0.4 is 10.9 Å². The first-order chi connectivity index (χ1) is 8.25. The molecule has 1 heterocycles. The molecule has 0 fully saturated rings. The van der Waals surface area contributed by atoms with Gasteiger partial charge in [0.05, 0.1) is 6.20 Å². The SMILES string of the molecule is O=C(O)CNNc1ccc(-c2cnco2)cc1. The van der Waals surface area contributed by atoms with Gasteiger partial charge in [-0.2, -0.15) is 0 Å². The topological polar surface area (TPSA) is 87.4 Å². The standard InChI is InChI=1S/C11H11N3O3/c15-11(16)6-13-14-9-3-1-8(2-4-9)10-5-12-7-17-10/h1-5,7,13-14H,6H2,(H,15,16). The summed E-state index contributed by atoms with van der Waals surface area (Å²) < 4.78 is 5.15. The summed E-state index contributed by atoms with van der Waals surface area (Å²) in [6, 6.07) is 7.33. The van der Waals surface area contributed by atoms with Crippen LogP contribution in [0.2, 0.25) is 0 Å². The van der Waals surface area contributed by atoms with E-state index in [9.17, 15) is 4.79 Å². The van der Waals surface area contributed by atoms with E-state index in [0.717, 1.165) is 11.3 Å². The zero-order valence-corrected chi connectivity index (χ0v) is 8.88. The molecular weight excluding hydrogens is 222 g/mol. The number of carboxylic acid groups (broad SMARTS) is 1. The number of aliphatic carboxylic acids is 1. The van der Waals surface area contributed by atoms with Crippen LogP contribution in [0.25, 0.3) is 11.3 Å². The van der Waals surface area contributed by atoms with E-state index in [1.54, 1.807) is 6.20 Å². The maximum atomic E-state index is 10.3. The Labute approximate surface area is 97.3 Å². The second kappa shape index (κ2) is 5.13. The minimum Gasteiger partial charge on any atom is -0.480 e. The molecule has 17 heavy (non-hydrogen) atoms. The van der Waals surface area contributed by atoms with Crippen molar-refractivity contribution in [3.63, 3.8) is 0 Å². The molecule has 0 aliphatic rings. The Morgan fingerprint density at radius 1 is 1.35 bits per heavy atom. The lowest BCUT2D eigenvalue weighted by molar-refractivity contribution is -0.135. The Morgan fingerprint density at radius 3 is 2.71 bits per heavy atom. The molecule has 0 atom stereocenters. The molecule has 1 aromatic heterocycles. The van der Waals surface area contributed by atoms with Gasteiger partial charge in [0.1, 0.15) is 6.54 Å². The number of hydrogen-bond acceptors (Lipinski definition) is 5. The van der Waals surface area contributed by atoms with Crippen LogP contribution in [-0.2, 0) is 4.79 Å². The van der Waals surface area contributed by atoms with E-state index in [4.69, 9.17) is 9.52 Å². The summed E-state index contributed by atoms with van der Waals surface area (Å²) in [5, 5.41) is 8.44. The minimum atomic E-state index is -0.921. The number of oxazole rings is 1. The van der Waals surface area contributed by atoms with Crippen LogP contribution in [0.5, 0.6) is 0 Å². The summed E-state index contributed by atoms with van der Waals surface area (Å²) in [5.74, 6) is -0.231. The zero-order chi connectivity index (χ0) is 12.1. The van der Waals surface area contributed by atoms with Crippen LogP contribution >= 0.6 is 0 Å². The van der Waals surface area contributed by atoms with Crippen molar-refractivity contribution in [2.45, 2.75) is 0 Å². The molecule has 3 N–H and O–H groups in total. The van der Waals surface area contributed by atoms with Crippen LogP contribution in [0.1, 0.15) is 0 Å². The molecule has 2 aromatic rings. The van der Waals surface area contributed by atoms with Crippen molar-refractivity contribution in [2.75, 3.05) is 12.0 Å². The lowest BCUT2D eigenvalue weighted by atomic mass is 10.2. The first-order valence-corrected chi connectivity index (χ1v) is 4.95. The second-order valence-corrected chi connectivity index (χ2v) is 3.32. The monoisotopic (exact) mass is 233 g/mol. The summed E-state index contributed by atoms with van der Waals surface area (Å²) in [4.78, 5) is 14.1. The Kier molecular flexibility index (Phi) is 3.37. The van der Waals surface area contributed by atoms with Gasteiger partial charge >= 0.3 is 5.97 Å². The molecule has 0 radical (unpaired) electrons. The van der Waals surface area contributed by atoms with E-state index in [1.165, 1.54) is 6.39 Å². The summed E-state index contributed by atoms with van der Waals surface area (Å²) in [6.07, 6.45) is 3.00. The van der Waals surface area contributed by atoms with E-state index < -0.39 is 5.97 Å². The van der Waals surface area contributed by atoms with Gasteiger partial charge in [-0.25, -0.2) is 10.4 Å². The molecule has 6 heteroatoms. The summed E-state index contributed by atoms with van der Waals surface area (Å²) in [5.41, 5.74) is 7.02. The lowest BCUT2D eigenvalue weighted by Gasteiger charge is -2.06. The Morgan fingerprint density at radius 2 is 2.12 bits per heavy atom. The fourth-order valence-electron chi connectivity index (χ4n) is 1.30. The number of hydrogen-bond donors (Lipinski definition) is 3. The highest BCUT2D eigenvalue weighted by molar-refractivity contribution is 5.69. The third-order valence-electron chi connectivity index (χ3n) is 2.07. The first kappa shape index (κ1) is 11.2. The van der Waals surface area contributed by atoms with Gasteiger partial charge in [0.2, 0.25) is 0 Å². The quantitative estimate of drug-likeness (QED) is 0.675. The van der Waals surface area contributed by atoms with Crippen LogP contribution in [0.15, 0.2) is 41.3 Å². The van der Waals surface area contributed by atoms with Crippen molar-refractivity contribution in [1.82, 2.24) is 10.4 Å². The van der Waals surface area contributed by atoms with E-state index in [2.05, 4.69) is 15.8 Å². The molecule has 0 bridgehead atoms.